The van der Waals surface area contributed by atoms with Crippen LogP contribution in [0, 0.1) is 23.7 Å². The van der Waals surface area contributed by atoms with Crippen LogP contribution in [0.3, 0.4) is 0 Å². The van der Waals surface area contributed by atoms with E-state index in [9.17, 15) is 0 Å². The minimum Gasteiger partial charge on any atom is -0.330 e. The number of nitrogens with zero attached hydrogens (tertiary/aromatic N) is 1. The molecular formula is C18H38N2. The molecule has 1 saturated heterocycles. The van der Waals surface area contributed by atoms with Crippen LogP contribution in [0.1, 0.15) is 66.2 Å². The highest BCUT2D eigenvalue weighted by Gasteiger charge is 2.19. The molecule has 2 N–H and O–H groups in total. The predicted molar refractivity (Wildman–Crippen MR) is 89.9 cm³/mol. The molecule has 2 nitrogen and oxygen atoms in total. The first-order chi connectivity index (χ1) is 9.54. The Morgan fingerprint density at radius 2 is 1.80 bits per heavy atom. The molecule has 0 aliphatic carbocycles. The highest BCUT2D eigenvalue weighted by molar-refractivity contribution is 4.73. The van der Waals surface area contributed by atoms with Crippen molar-refractivity contribution in [2.75, 3.05) is 26.2 Å². The van der Waals surface area contributed by atoms with E-state index in [4.69, 9.17) is 5.73 Å². The Balaban J connectivity index is 2.24. The summed E-state index contributed by atoms with van der Waals surface area (Å²) in [4.78, 5) is 2.71. The second kappa shape index (κ2) is 9.78. The molecule has 1 aliphatic heterocycles. The van der Waals surface area contributed by atoms with E-state index < -0.39 is 0 Å². The van der Waals surface area contributed by atoms with Gasteiger partial charge in [-0.1, -0.05) is 27.7 Å². The topological polar surface area (TPSA) is 29.3 Å². The molecule has 0 aromatic rings. The van der Waals surface area contributed by atoms with E-state index in [1.54, 1.807) is 0 Å². The fraction of sp³-hybridized carbons (Fsp3) is 1.00. The smallest absolute Gasteiger partial charge is 0.00160 e. The molecule has 2 unspecified atom stereocenters. The zero-order chi connectivity index (χ0) is 15.0. The first kappa shape index (κ1) is 18.0. The van der Waals surface area contributed by atoms with Crippen molar-refractivity contribution in [3.8, 4) is 0 Å². The summed E-state index contributed by atoms with van der Waals surface area (Å²) in [7, 11) is 0. The summed E-state index contributed by atoms with van der Waals surface area (Å²) in [5.41, 5.74) is 5.74. The van der Waals surface area contributed by atoms with Gasteiger partial charge in [0.2, 0.25) is 0 Å². The second-order valence-electron chi connectivity index (χ2n) is 7.50. The quantitative estimate of drug-likeness (QED) is 0.725. The largest absolute Gasteiger partial charge is 0.330 e. The lowest BCUT2D eigenvalue weighted by atomic mass is 9.88. The van der Waals surface area contributed by atoms with Crippen LogP contribution in [0.15, 0.2) is 0 Å². The number of likely N-dealkylation sites (tertiary alicyclic amines) is 1. The van der Waals surface area contributed by atoms with Crippen LogP contribution in [0.5, 0.6) is 0 Å². The van der Waals surface area contributed by atoms with Crippen molar-refractivity contribution in [2.45, 2.75) is 66.2 Å². The number of hydrogen-bond acceptors (Lipinski definition) is 2. The van der Waals surface area contributed by atoms with Crippen LogP contribution in [-0.2, 0) is 0 Å². The molecule has 2 heteroatoms. The second-order valence-corrected chi connectivity index (χ2v) is 7.50. The van der Waals surface area contributed by atoms with Gasteiger partial charge in [-0.2, -0.15) is 0 Å². The van der Waals surface area contributed by atoms with Crippen LogP contribution >= 0.6 is 0 Å². The van der Waals surface area contributed by atoms with Crippen molar-refractivity contribution in [3.63, 3.8) is 0 Å². The summed E-state index contributed by atoms with van der Waals surface area (Å²) in [6.07, 6.45) is 8.17. The third-order valence-corrected chi connectivity index (χ3v) is 5.34. The van der Waals surface area contributed by atoms with Crippen molar-refractivity contribution < 1.29 is 0 Å². The van der Waals surface area contributed by atoms with Gasteiger partial charge in [0.1, 0.15) is 0 Å². The van der Waals surface area contributed by atoms with Gasteiger partial charge in [0.25, 0.3) is 0 Å². The van der Waals surface area contributed by atoms with Gasteiger partial charge < -0.3 is 10.6 Å². The van der Waals surface area contributed by atoms with Gasteiger partial charge in [0.15, 0.2) is 0 Å². The van der Waals surface area contributed by atoms with E-state index in [1.807, 2.05) is 0 Å². The lowest BCUT2D eigenvalue weighted by Crippen LogP contribution is -2.27. The number of rotatable bonds is 8. The zero-order valence-electron chi connectivity index (χ0n) is 14.4. The van der Waals surface area contributed by atoms with Gasteiger partial charge in [0, 0.05) is 0 Å². The molecule has 1 heterocycles. The molecule has 0 aromatic heterocycles. The summed E-state index contributed by atoms with van der Waals surface area (Å²) in [6, 6.07) is 0. The fourth-order valence-electron chi connectivity index (χ4n) is 3.67. The molecule has 1 aliphatic rings. The highest BCUT2D eigenvalue weighted by Crippen LogP contribution is 2.25. The number of nitrogens with two attached hydrogens (primary N) is 1. The van der Waals surface area contributed by atoms with E-state index in [-0.39, 0.29) is 0 Å². The Labute approximate surface area is 127 Å². The Kier molecular flexibility index (Phi) is 8.79. The fourth-order valence-corrected chi connectivity index (χ4v) is 3.67. The van der Waals surface area contributed by atoms with Gasteiger partial charge in [-0.15, -0.1) is 0 Å². The molecule has 0 amide bonds. The lowest BCUT2D eigenvalue weighted by Gasteiger charge is -2.24. The van der Waals surface area contributed by atoms with Gasteiger partial charge in [0.05, 0.1) is 0 Å². The molecule has 0 radical (unpaired) electrons. The van der Waals surface area contributed by atoms with Crippen LogP contribution in [0.4, 0.5) is 0 Å². The van der Waals surface area contributed by atoms with E-state index in [0.717, 1.165) is 30.2 Å². The average Bonchev–Trinajstić information content (AvgIpc) is 2.63. The minimum atomic E-state index is 0.785. The van der Waals surface area contributed by atoms with Crippen molar-refractivity contribution in [1.82, 2.24) is 4.90 Å². The molecule has 20 heavy (non-hydrogen) atoms. The van der Waals surface area contributed by atoms with E-state index >= 15 is 0 Å². The lowest BCUT2D eigenvalue weighted by molar-refractivity contribution is 0.247. The highest BCUT2D eigenvalue weighted by atomic mass is 15.1. The zero-order valence-corrected chi connectivity index (χ0v) is 14.4. The summed E-state index contributed by atoms with van der Waals surface area (Å²) in [5, 5.41) is 0. The maximum absolute atomic E-state index is 5.74. The van der Waals surface area contributed by atoms with Gasteiger partial charge in [-0.3, -0.25) is 0 Å². The van der Waals surface area contributed by atoms with Crippen LogP contribution in [0.2, 0.25) is 0 Å². The third-order valence-electron chi connectivity index (χ3n) is 5.34. The molecule has 120 valence electrons. The van der Waals surface area contributed by atoms with E-state index in [2.05, 4.69) is 32.6 Å². The standard InChI is InChI=1S/C18H38N2/c1-15(2)17(9-11-19)7-5-12-20-13-6-8-18(10-14-20)16(3)4/h15-18H,5-14,19H2,1-4H3. The molecule has 1 rings (SSSR count). The summed E-state index contributed by atoms with van der Waals surface area (Å²) in [5.74, 6) is 3.44. The normalized spacial score (nSPS) is 23.2. The van der Waals surface area contributed by atoms with Gasteiger partial charge in [-0.05, 0) is 88.4 Å². The molecule has 0 spiro atoms. The Morgan fingerprint density at radius 1 is 1.05 bits per heavy atom. The third kappa shape index (κ3) is 6.58. The summed E-state index contributed by atoms with van der Waals surface area (Å²) >= 11 is 0. The first-order valence-corrected chi connectivity index (χ1v) is 8.97. The maximum atomic E-state index is 5.74. The Bertz CT molecular complexity index is 238. The van der Waals surface area contributed by atoms with Gasteiger partial charge in [-0.25, -0.2) is 0 Å². The summed E-state index contributed by atoms with van der Waals surface area (Å²) in [6.45, 7) is 14.3. The van der Waals surface area contributed by atoms with E-state index in [0.29, 0.717) is 0 Å². The maximum Gasteiger partial charge on any atom is -0.00160 e. The first-order valence-electron chi connectivity index (χ1n) is 8.97. The molecule has 0 bridgehead atoms. The summed E-state index contributed by atoms with van der Waals surface area (Å²) < 4.78 is 0. The van der Waals surface area contributed by atoms with E-state index in [1.165, 1.54) is 58.2 Å². The molecule has 0 saturated carbocycles. The van der Waals surface area contributed by atoms with Crippen molar-refractivity contribution in [2.24, 2.45) is 29.4 Å². The Morgan fingerprint density at radius 3 is 2.40 bits per heavy atom. The average molecular weight is 283 g/mol. The monoisotopic (exact) mass is 282 g/mol. The van der Waals surface area contributed by atoms with Crippen molar-refractivity contribution in [1.29, 1.82) is 0 Å². The Hall–Kier alpha value is -0.0800. The molecule has 1 fully saturated rings. The van der Waals surface area contributed by atoms with Gasteiger partial charge >= 0.3 is 0 Å². The number of hydrogen-bond donors (Lipinski definition) is 1. The minimum absolute atomic E-state index is 0.785. The van der Waals surface area contributed by atoms with Crippen LogP contribution in [-0.4, -0.2) is 31.1 Å². The molecular weight excluding hydrogens is 244 g/mol. The predicted octanol–water partition coefficient (Wildman–Crippen LogP) is 4.15. The van der Waals surface area contributed by atoms with Crippen LogP contribution in [0.25, 0.3) is 0 Å². The van der Waals surface area contributed by atoms with Crippen molar-refractivity contribution in [3.05, 3.63) is 0 Å². The molecule has 2 atom stereocenters. The van der Waals surface area contributed by atoms with Crippen LogP contribution < -0.4 is 5.73 Å². The SMILES string of the molecule is CC(C)C(CCN)CCCN1CCCC(C(C)C)CC1. The molecule has 0 aromatic carbocycles. The van der Waals surface area contributed by atoms with Crippen molar-refractivity contribution >= 4 is 0 Å².